The second-order valence-electron chi connectivity index (χ2n) is 10.5. The lowest BCUT2D eigenvalue weighted by atomic mass is 9.83. The molecular weight excluding hydrogens is 528 g/mol. The van der Waals surface area contributed by atoms with Crippen LogP contribution in [-0.2, 0) is 19.5 Å². The number of phenols is 2. The molecule has 8 rings (SSSR count). The largest absolute Gasteiger partial charge is 0.504 e. The number of imidazole rings is 1. The Bertz CT molecular complexity index is 2240. The van der Waals surface area contributed by atoms with Gasteiger partial charge in [-0.2, -0.15) is 0 Å². The summed E-state index contributed by atoms with van der Waals surface area (Å²) in [6.45, 7) is 0.530. The molecule has 202 valence electrons. The molecule has 7 aromatic rings. The number of fused-ring (bicyclic) bond motifs is 5. The Labute approximate surface area is 239 Å². The second-order valence-corrected chi connectivity index (χ2v) is 10.5. The van der Waals surface area contributed by atoms with Gasteiger partial charge in [-0.1, -0.05) is 48.5 Å². The van der Waals surface area contributed by atoms with Crippen LogP contribution in [0.3, 0.4) is 0 Å². The summed E-state index contributed by atoms with van der Waals surface area (Å²) in [5, 5.41) is 23.5. The van der Waals surface area contributed by atoms with E-state index < -0.39 is 0 Å². The van der Waals surface area contributed by atoms with Crippen LogP contribution in [0, 0.1) is 0 Å². The Morgan fingerprint density at radius 3 is 2.12 bits per heavy atom. The summed E-state index contributed by atoms with van der Waals surface area (Å²) in [7, 11) is 0. The zero-order valence-corrected chi connectivity index (χ0v) is 22.3. The standard InChI is InChI=1S/C33H22N6O3/c40-31-22-8-2-1-7-19(22)13-23-28(31)33(42)30-29(32(23)41)38(16-20-14-34-24-9-3-5-11-26(24)36-20)18-39(30)17-21-15-35-25-10-4-6-12-27(25)37-21/h1-12,14-15,18H,13,16-17H2,(H-,34,35,36,37,40,41,42)/p+1. The number of hydrogen-bond acceptors (Lipinski definition) is 7. The van der Waals surface area contributed by atoms with Gasteiger partial charge >= 0.3 is 0 Å². The van der Waals surface area contributed by atoms with Crippen molar-refractivity contribution in [3.05, 3.63) is 125 Å². The molecule has 0 aliphatic heterocycles. The molecule has 9 heteroatoms. The molecule has 0 radical (unpaired) electrons. The Morgan fingerprint density at radius 1 is 0.762 bits per heavy atom. The third-order valence-electron chi connectivity index (χ3n) is 7.87. The molecular formula is C33H23N6O3+. The molecule has 3 aromatic heterocycles. The minimum Gasteiger partial charge on any atom is -0.504 e. The lowest BCUT2D eigenvalue weighted by molar-refractivity contribution is -0.664. The van der Waals surface area contributed by atoms with Gasteiger partial charge in [0.15, 0.2) is 17.3 Å². The normalized spacial score (nSPS) is 12.6. The number of ketones is 1. The van der Waals surface area contributed by atoms with Gasteiger partial charge in [0.25, 0.3) is 0 Å². The van der Waals surface area contributed by atoms with Crippen LogP contribution in [-0.4, -0.2) is 40.5 Å². The van der Waals surface area contributed by atoms with E-state index in [-0.39, 0.29) is 35.9 Å². The maximum atomic E-state index is 13.6. The number of hydrogen-bond donors (Lipinski definition) is 2. The van der Waals surface area contributed by atoms with E-state index in [1.165, 1.54) is 0 Å². The van der Waals surface area contributed by atoms with E-state index in [0.717, 1.165) is 27.6 Å². The number of rotatable bonds is 4. The highest BCUT2D eigenvalue weighted by atomic mass is 16.3. The number of carbonyl (C=O) groups excluding carboxylic acids is 1. The Kier molecular flexibility index (Phi) is 5.27. The van der Waals surface area contributed by atoms with Gasteiger partial charge in [0.05, 0.1) is 40.0 Å². The van der Waals surface area contributed by atoms with Crippen molar-refractivity contribution < 1.29 is 19.6 Å². The van der Waals surface area contributed by atoms with Gasteiger partial charge < -0.3 is 10.2 Å². The summed E-state index contributed by atoms with van der Waals surface area (Å²) < 4.78 is 3.63. The summed E-state index contributed by atoms with van der Waals surface area (Å²) in [5.41, 5.74) is 7.03. The number of aromatic hydroxyl groups is 2. The number of nitrogens with zero attached hydrogens (tertiary/aromatic N) is 6. The van der Waals surface area contributed by atoms with E-state index in [1.807, 2.05) is 65.2 Å². The number of para-hydroxylation sites is 4. The van der Waals surface area contributed by atoms with Gasteiger partial charge in [-0.25, -0.2) is 19.1 Å². The molecule has 0 amide bonds. The summed E-state index contributed by atoms with van der Waals surface area (Å²) >= 11 is 0. The van der Waals surface area contributed by atoms with Crippen molar-refractivity contribution in [2.75, 3.05) is 0 Å². The van der Waals surface area contributed by atoms with Crippen LogP contribution in [0.4, 0.5) is 0 Å². The number of benzene rings is 4. The molecule has 0 bridgehead atoms. The summed E-state index contributed by atoms with van der Waals surface area (Å²) in [4.78, 5) is 32.3. The monoisotopic (exact) mass is 551 g/mol. The third kappa shape index (κ3) is 3.71. The van der Waals surface area contributed by atoms with Gasteiger partial charge in [0, 0.05) is 17.5 Å². The number of aromatic nitrogens is 6. The summed E-state index contributed by atoms with van der Waals surface area (Å²) in [5.74, 6) is -0.529. The van der Waals surface area contributed by atoms with Crippen molar-refractivity contribution in [3.8, 4) is 11.5 Å². The van der Waals surface area contributed by atoms with E-state index in [1.54, 1.807) is 35.4 Å². The molecule has 0 fully saturated rings. The van der Waals surface area contributed by atoms with Crippen molar-refractivity contribution in [1.82, 2.24) is 24.5 Å². The first-order valence-corrected chi connectivity index (χ1v) is 13.6. The molecule has 0 unspecified atom stereocenters. The fourth-order valence-electron chi connectivity index (χ4n) is 5.94. The summed E-state index contributed by atoms with van der Waals surface area (Å²) in [6, 6.07) is 22.5. The minimum atomic E-state index is -0.313. The van der Waals surface area contributed by atoms with Crippen LogP contribution in [0.25, 0.3) is 33.1 Å². The van der Waals surface area contributed by atoms with E-state index >= 15 is 0 Å². The fraction of sp³-hybridized carbons (Fsp3) is 0.0909. The first-order valence-electron chi connectivity index (χ1n) is 13.6. The van der Waals surface area contributed by atoms with Crippen molar-refractivity contribution >= 4 is 38.9 Å². The predicted molar refractivity (Wildman–Crippen MR) is 155 cm³/mol. The molecule has 0 atom stereocenters. The van der Waals surface area contributed by atoms with Crippen LogP contribution >= 0.6 is 0 Å². The SMILES string of the molecule is O=C1c2ccccc2Cc2c1c(O)c1c(c2O)n(Cc2cnc3ccccc3n2)c[n+]1Cc1cnc2ccccc2n1. The molecule has 0 saturated carbocycles. The topological polar surface area (TPSA) is 118 Å². The van der Waals surface area contributed by atoms with Crippen LogP contribution in [0.2, 0.25) is 0 Å². The van der Waals surface area contributed by atoms with Crippen LogP contribution in [0.5, 0.6) is 11.5 Å². The lowest BCUT2D eigenvalue weighted by Gasteiger charge is -2.20. The molecule has 2 N–H and O–H groups in total. The highest BCUT2D eigenvalue weighted by Crippen LogP contribution is 2.43. The quantitative estimate of drug-likeness (QED) is 0.245. The van der Waals surface area contributed by atoms with Gasteiger partial charge in [-0.15, -0.1) is 0 Å². The average Bonchev–Trinajstić information content (AvgIpc) is 3.37. The highest BCUT2D eigenvalue weighted by Gasteiger charge is 2.36. The zero-order valence-electron chi connectivity index (χ0n) is 22.3. The van der Waals surface area contributed by atoms with Crippen LogP contribution in [0.1, 0.15) is 38.4 Å². The van der Waals surface area contributed by atoms with Crippen molar-refractivity contribution in [2.45, 2.75) is 19.5 Å². The first kappa shape index (κ1) is 24.1. The first-order chi connectivity index (χ1) is 20.5. The lowest BCUT2D eigenvalue weighted by Crippen LogP contribution is -2.34. The highest BCUT2D eigenvalue weighted by molar-refractivity contribution is 6.17. The van der Waals surface area contributed by atoms with E-state index in [4.69, 9.17) is 9.97 Å². The molecule has 0 spiro atoms. The predicted octanol–water partition coefficient (Wildman–Crippen LogP) is 4.46. The van der Waals surface area contributed by atoms with Gasteiger partial charge in [-0.05, 0) is 29.8 Å². The maximum absolute atomic E-state index is 13.6. The molecule has 1 aliphatic rings. The van der Waals surface area contributed by atoms with Crippen LogP contribution in [0.15, 0.2) is 91.5 Å². The van der Waals surface area contributed by atoms with Gasteiger partial charge in [0.2, 0.25) is 17.4 Å². The second kappa shape index (κ2) is 9.17. The zero-order chi connectivity index (χ0) is 28.4. The molecule has 0 saturated heterocycles. The van der Waals surface area contributed by atoms with Gasteiger partial charge in [0.1, 0.15) is 24.5 Å². The molecule has 9 nitrogen and oxygen atoms in total. The van der Waals surface area contributed by atoms with E-state index in [2.05, 4.69) is 9.97 Å². The fourth-order valence-corrected chi connectivity index (χ4v) is 5.94. The minimum absolute atomic E-state index is 0.0438. The van der Waals surface area contributed by atoms with E-state index in [9.17, 15) is 15.0 Å². The number of carbonyl (C=O) groups is 1. The van der Waals surface area contributed by atoms with Crippen molar-refractivity contribution in [2.24, 2.45) is 0 Å². The van der Waals surface area contributed by atoms with Gasteiger partial charge in [-0.3, -0.25) is 14.8 Å². The molecule has 1 aliphatic carbocycles. The smallest absolute Gasteiger partial charge is 0.245 e. The molecule has 42 heavy (non-hydrogen) atoms. The van der Waals surface area contributed by atoms with Crippen LogP contribution < -0.4 is 4.57 Å². The maximum Gasteiger partial charge on any atom is 0.245 e. The molecule has 3 heterocycles. The Morgan fingerprint density at radius 2 is 1.38 bits per heavy atom. The van der Waals surface area contributed by atoms with Crippen molar-refractivity contribution in [3.63, 3.8) is 0 Å². The van der Waals surface area contributed by atoms with Crippen molar-refractivity contribution in [1.29, 1.82) is 0 Å². The summed E-state index contributed by atoms with van der Waals surface area (Å²) in [6.07, 6.45) is 5.54. The Hall–Kier alpha value is -5.70. The third-order valence-corrected chi connectivity index (χ3v) is 7.87. The molecule has 4 aromatic carbocycles. The average molecular weight is 552 g/mol. The van der Waals surface area contributed by atoms with E-state index in [0.29, 0.717) is 40.0 Å². The number of phenolic OH excluding ortho intramolecular Hbond substituents is 2. The Balaban J connectivity index is 1.33.